The summed E-state index contributed by atoms with van der Waals surface area (Å²) >= 11 is 0. The molecule has 1 saturated heterocycles. The molecule has 3 aromatic rings. The third kappa shape index (κ3) is 5.46. The highest BCUT2D eigenvalue weighted by Gasteiger charge is 2.44. The summed E-state index contributed by atoms with van der Waals surface area (Å²) in [5.74, 6) is -0.344. The number of aliphatic hydroxyl groups excluding tert-OH is 5. The lowest BCUT2D eigenvalue weighted by atomic mass is 9.91. The largest absolute Gasteiger partial charge is 0.463 e. The van der Waals surface area contributed by atoms with Gasteiger partial charge in [0.05, 0.1) is 18.7 Å². The lowest BCUT2D eigenvalue weighted by Crippen LogP contribution is -2.55. The fourth-order valence-corrected chi connectivity index (χ4v) is 4.77. The minimum Gasteiger partial charge on any atom is -0.463 e. The summed E-state index contributed by atoms with van der Waals surface area (Å²) in [6, 6.07) is 13.7. The van der Waals surface area contributed by atoms with E-state index in [1.165, 1.54) is 0 Å². The van der Waals surface area contributed by atoms with Crippen LogP contribution in [0.1, 0.15) is 34.8 Å². The summed E-state index contributed by atoms with van der Waals surface area (Å²) in [5.41, 5.74) is 4.68. The van der Waals surface area contributed by atoms with Crippen LogP contribution in [0.2, 0.25) is 0 Å². The average molecular weight is 500 g/mol. The summed E-state index contributed by atoms with van der Waals surface area (Å²) in [7, 11) is 0. The van der Waals surface area contributed by atoms with Gasteiger partial charge in [0.15, 0.2) is 0 Å². The molecule has 2 aromatic carbocycles. The lowest BCUT2D eigenvalue weighted by molar-refractivity contribution is -0.231. The van der Waals surface area contributed by atoms with Gasteiger partial charge in [-0.2, -0.15) is 0 Å². The van der Waals surface area contributed by atoms with Crippen molar-refractivity contribution in [2.45, 2.75) is 56.8 Å². The third-order valence-electron chi connectivity index (χ3n) is 6.68. The van der Waals surface area contributed by atoms with Gasteiger partial charge in [0.1, 0.15) is 37.1 Å². The number of para-hydroxylation sites is 1. The van der Waals surface area contributed by atoms with Gasteiger partial charge in [-0.1, -0.05) is 42.5 Å². The zero-order valence-electron chi connectivity index (χ0n) is 20.2. The molecule has 1 fully saturated rings. The molecule has 0 bridgehead atoms. The molecule has 1 aliphatic rings. The van der Waals surface area contributed by atoms with Crippen LogP contribution in [0.5, 0.6) is 0 Å². The summed E-state index contributed by atoms with van der Waals surface area (Å²) in [6.07, 6.45) is -3.45. The molecule has 194 valence electrons. The van der Waals surface area contributed by atoms with Crippen molar-refractivity contribution >= 4 is 16.9 Å². The average Bonchev–Trinajstić information content (AvgIpc) is 3.25. The van der Waals surface area contributed by atoms with E-state index < -0.39 is 37.1 Å². The van der Waals surface area contributed by atoms with Gasteiger partial charge < -0.3 is 39.6 Å². The van der Waals surface area contributed by atoms with Crippen LogP contribution in [0.3, 0.4) is 0 Å². The van der Waals surface area contributed by atoms with E-state index in [1.54, 1.807) is 0 Å². The zero-order chi connectivity index (χ0) is 25.8. The number of rotatable bonds is 9. The molecule has 5 N–H and O–H groups in total. The first kappa shape index (κ1) is 26.3. The second kappa shape index (κ2) is 11.5. The molecule has 1 aromatic heterocycles. The molecule has 2 heterocycles. The Bertz CT molecular complexity index is 1170. The number of fused-ring (bicyclic) bond motifs is 1. The Labute approximate surface area is 209 Å². The molecule has 0 saturated carbocycles. The SMILES string of the molecule is Cc1cccc2c([C@@H]3O[C@H](CO)[C@@H](O)[C@H](O)[C@H]3O)cn(Cc3ccc(CCC(=O)OCCO)cc3)c12. The molecule has 9 heteroatoms. The Kier molecular flexibility index (Phi) is 8.40. The zero-order valence-corrected chi connectivity index (χ0v) is 20.2. The molecule has 0 spiro atoms. The number of aliphatic hydroxyl groups is 5. The van der Waals surface area contributed by atoms with Crippen molar-refractivity contribution in [3.05, 3.63) is 70.9 Å². The topological polar surface area (TPSA) is 142 Å². The number of aryl methyl sites for hydroxylation is 2. The number of carbonyl (C=O) groups is 1. The van der Waals surface area contributed by atoms with Gasteiger partial charge in [-0.25, -0.2) is 0 Å². The fourth-order valence-electron chi connectivity index (χ4n) is 4.77. The maximum absolute atomic E-state index is 11.7. The van der Waals surface area contributed by atoms with Crippen LogP contribution in [0.4, 0.5) is 0 Å². The number of hydrogen-bond donors (Lipinski definition) is 5. The van der Waals surface area contributed by atoms with Crippen molar-refractivity contribution in [3.63, 3.8) is 0 Å². The van der Waals surface area contributed by atoms with Crippen molar-refractivity contribution in [3.8, 4) is 0 Å². The van der Waals surface area contributed by atoms with E-state index in [4.69, 9.17) is 14.6 Å². The van der Waals surface area contributed by atoms with E-state index >= 15 is 0 Å². The van der Waals surface area contributed by atoms with Crippen molar-refractivity contribution < 1.29 is 39.8 Å². The highest BCUT2D eigenvalue weighted by atomic mass is 16.5. The monoisotopic (exact) mass is 499 g/mol. The van der Waals surface area contributed by atoms with Gasteiger partial charge >= 0.3 is 5.97 Å². The molecule has 0 amide bonds. The van der Waals surface area contributed by atoms with Crippen molar-refractivity contribution in [1.29, 1.82) is 0 Å². The Balaban J connectivity index is 1.57. The van der Waals surface area contributed by atoms with Crippen molar-refractivity contribution in [1.82, 2.24) is 4.57 Å². The van der Waals surface area contributed by atoms with E-state index in [0.29, 0.717) is 18.5 Å². The van der Waals surface area contributed by atoms with E-state index in [9.17, 15) is 25.2 Å². The van der Waals surface area contributed by atoms with Crippen LogP contribution < -0.4 is 0 Å². The van der Waals surface area contributed by atoms with Crippen molar-refractivity contribution in [2.24, 2.45) is 0 Å². The Hall–Kier alpha value is -2.79. The van der Waals surface area contributed by atoms with Crippen LogP contribution in [0.15, 0.2) is 48.7 Å². The fraction of sp³-hybridized carbons (Fsp3) is 0.444. The molecular formula is C27H33NO8. The molecule has 0 unspecified atom stereocenters. The molecule has 36 heavy (non-hydrogen) atoms. The Morgan fingerprint density at radius 3 is 2.42 bits per heavy atom. The number of esters is 1. The number of benzene rings is 2. The predicted octanol–water partition coefficient (Wildman–Crippen LogP) is 0.981. The Morgan fingerprint density at radius 1 is 1.00 bits per heavy atom. The first-order chi connectivity index (χ1) is 17.3. The summed E-state index contributed by atoms with van der Waals surface area (Å²) in [4.78, 5) is 11.7. The maximum Gasteiger partial charge on any atom is 0.306 e. The van der Waals surface area contributed by atoms with Gasteiger partial charge in [0, 0.05) is 30.1 Å². The number of nitrogens with zero attached hydrogens (tertiary/aromatic N) is 1. The quantitative estimate of drug-likeness (QED) is 0.274. The van der Waals surface area contributed by atoms with Gasteiger partial charge in [-0.3, -0.25) is 4.79 Å². The lowest BCUT2D eigenvalue weighted by Gasteiger charge is -2.40. The molecule has 0 radical (unpaired) electrons. The summed E-state index contributed by atoms with van der Waals surface area (Å²) < 4.78 is 12.8. The molecular weight excluding hydrogens is 466 g/mol. The highest BCUT2D eigenvalue weighted by Crippen LogP contribution is 2.38. The molecule has 9 nitrogen and oxygen atoms in total. The summed E-state index contributed by atoms with van der Waals surface area (Å²) in [6.45, 7) is 1.87. The smallest absolute Gasteiger partial charge is 0.306 e. The molecule has 1 aliphatic heterocycles. The van der Waals surface area contributed by atoms with Gasteiger partial charge in [-0.15, -0.1) is 0 Å². The van der Waals surface area contributed by atoms with Gasteiger partial charge in [0.2, 0.25) is 0 Å². The van der Waals surface area contributed by atoms with E-state index in [-0.39, 0.29) is 25.6 Å². The second-order valence-corrected chi connectivity index (χ2v) is 9.19. The predicted molar refractivity (Wildman–Crippen MR) is 131 cm³/mol. The Morgan fingerprint density at radius 2 is 1.72 bits per heavy atom. The van der Waals surface area contributed by atoms with Crippen LogP contribution in [0, 0.1) is 6.92 Å². The van der Waals surface area contributed by atoms with Crippen molar-refractivity contribution in [2.75, 3.05) is 19.8 Å². The first-order valence-corrected chi connectivity index (χ1v) is 12.1. The van der Waals surface area contributed by atoms with E-state index in [1.807, 2.05) is 55.6 Å². The normalized spacial score (nSPS) is 24.2. The number of ether oxygens (including phenoxy) is 2. The number of aromatic nitrogens is 1. The third-order valence-corrected chi connectivity index (χ3v) is 6.68. The minimum absolute atomic E-state index is 0.00707. The minimum atomic E-state index is -1.45. The van der Waals surface area contributed by atoms with Crippen LogP contribution in [0.25, 0.3) is 10.9 Å². The molecule has 5 atom stereocenters. The molecule has 0 aliphatic carbocycles. The van der Waals surface area contributed by atoms with E-state index in [2.05, 4.69) is 4.57 Å². The maximum atomic E-state index is 11.7. The highest BCUT2D eigenvalue weighted by molar-refractivity contribution is 5.87. The first-order valence-electron chi connectivity index (χ1n) is 12.1. The van der Waals surface area contributed by atoms with Crippen LogP contribution in [-0.2, 0) is 27.2 Å². The van der Waals surface area contributed by atoms with Gasteiger partial charge in [-0.05, 0) is 30.0 Å². The number of carbonyl (C=O) groups excluding carboxylic acids is 1. The molecule has 4 rings (SSSR count). The second-order valence-electron chi connectivity index (χ2n) is 9.19. The van der Waals surface area contributed by atoms with Crippen LogP contribution in [-0.4, -0.2) is 80.3 Å². The summed E-state index contributed by atoms with van der Waals surface area (Å²) in [5, 5.41) is 50.4. The number of hydrogen-bond acceptors (Lipinski definition) is 8. The van der Waals surface area contributed by atoms with E-state index in [0.717, 1.165) is 27.6 Å². The standard InChI is InChI=1S/C27H33NO8/c1-16-3-2-4-19-20(27-26(34)25(33)24(32)21(15-30)36-27)14-28(23(16)19)13-18-7-5-17(6-8-18)9-10-22(31)35-12-11-29/h2-8,14,21,24-27,29-30,32-34H,9-13,15H2,1H3/t21-,24-,25+,26-,27+/m1/s1. The van der Waals surface area contributed by atoms with Crippen LogP contribution >= 0.6 is 0 Å². The van der Waals surface area contributed by atoms with Gasteiger partial charge in [0.25, 0.3) is 0 Å².